The van der Waals surface area contributed by atoms with Gasteiger partial charge in [0, 0.05) is 5.33 Å². The van der Waals surface area contributed by atoms with Crippen molar-refractivity contribution in [1.29, 1.82) is 0 Å². The van der Waals surface area contributed by atoms with Crippen molar-refractivity contribution in [3.05, 3.63) is 0 Å². The highest BCUT2D eigenvalue weighted by molar-refractivity contribution is 9.09. The normalized spacial score (nSPS) is 28.6. The Kier molecular flexibility index (Phi) is 6.41. The Balaban J connectivity index is 1.91. The maximum Gasteiger partial charge on any atom is 0.0687 e. The van der Waals surface area contributed by atoms with Gasteiger partial charge >= 0.3 is 0 Å². The van der Waals surface area contributed by atoms with Crippen LogP contribution in [0.1, 0.15) is 90.9 Å². The predicted molar refractivity (Wildman–Crippen MR) is 90.6 cm³/mol. The van der Waals surface area contributed by atoms with Crippen molar-refractivity contribution >= 4 is 15.9 Å². The molecular formula is C18H33BrO. The summed E-state index contributed by atoms with van der Waals surface area (Å²) in [5.41, 5.74) is 0.764. The Hall–Kier alpha value is 0.440. The van der Waals surface area contributed by atoms with Crippen LogP contribution in [0.4, 0.5) is 0 Å². The second-order valence-electron chi connectivity index (χ2n) is 7.32. The van der Waals surface area contributed by atoms with E-state index < -0.39 is 0 Å². The van der Waals surface area contributed by atoms with Crippen LogP contribution >= 0.6 is 15.9 Å². The molecule has 1 nitrogen and oxygen atoms in total. The zero-order valence-electron chi connectivity index (χ0n) is 13.6. The van der Waals surface area contributed by atoms with E-state index in [9.17, 15) is 0 Å². The fourth-order valence-electron chi connectivity index (χ4n) is 4.28. The number of ether oxygens (including phenoxy) is 1. The van der Waals surface area contributed by atoms with Crippen molar-refractivity contribution in [2.45, 2.75) is 103 Å². The van der Waals surface area contributed by atoms with Gasteiger partial charge in [0.15, 0.2) is 0 Å². The topological polar surface area (TPSA) is 9.23 Å². The summed E-state index contributed by atoms with van der Waals surface area (Å²) in [5.74, 6) is 0. The van der Waals surface area contributed by atoms with E-state index in [1.165, 1.54) is 77.0 Å². The van der Waals surface area contributed by atoms with Gasteiger partial charge in [0.05, 0.1) is 11.7 Å². The quantitative estimate of drug-likeness (QED) is 0.496. The molecule has 1 saturated heterocycles. The molecule has 2 atom stereocenters. The lowest BCUT2D eigenvalue weighted by atomic mass is 9.77. The number of hydrogen-bond donors (Lipinski definition) is 0. The molecule has 20 heavy (non-hydrogen) atoms. The van der Waals surface area contributed by atoms with Gasteiger partial charge in [-0.2, -0.15) is 0 Å². The van der Waals surface area contributed by atoms with Crippen molar-refractivity contribution in [2.75, 3.05) is 5.33 Å². The fourth-order valence-corrected chi connectivity index (χ4v) is 5.18. The van der Waals surface area contributed by atoms with Gasteiger partial charge in [0.1, 0.15) is 0 Å². The van der Waals surface area contributed by atoms with E-state index in [4.69, 9.17) is 4.74 Å². The number of unbranched alkanes of at least 4 members (excludes halogenated alkanes) is 1. The zero-order valence-corrected chi connectivity index (χ0v) is 15.1. The summed E-state index contributed by atoms with van der Waals surface area (Å²) in [6.45, 7) is 4.67. The monoisotopic (exact) mass is 344 g/mol. The molecule has 118 valence electrons. The van der Waals surface area contributed by atoms with E-state index in [2.05, 4.69) is 29.8 Å². The smallest absolute Gasteiger partial charge is 0.0687 e. The molecule has 0 N–H and O–H groups in total. The van der Waals surface area contributed by atoms with Crippen molar-refractivity contribution < 1.29 is 4.74 Å². The average Bonchev–Trinajstić information content (AvgIpc) is 2.86. The van der Waals surface area contributed by atoms with E-state index in [0.717, 1.165) is 5.33 Å². The molecule has 0 radical (unpaired) electrons. The number of alkyl halides is 1. The molecule has 0 amide bonds. The Morgan fingerprint density at radius 1 is 1.15 bits per heavy atom. The van der Waals surface area contributed by atoms with Gasteiger partial charge < -0.3 is 4.74 Å². The third kappa shape index (κ3) is 4.00. The maximum absolute atomic E-state index is 6.61. The minimum Gasteiger partial charge on any atom is -0.372 e. The third-order valence-electron chi connectivity index (χ3n) is 5.86. The maximum atomic E-state index is 6.61. The van der Waals surface area contributed by atoms with Gasteiger partial charge in [-0.15, -0.1) is 0 Å². The van der Waals surface area contributed by atoms with Crippen LogP contribution in [0.25, 0.3) is 0 Å². The highest BCUT2D eigenvalue weighted by atomic mass is 79.9. The third-order valence-corrected chi connectivity index (χ3v) is 7.05. The lowest BCUT2D eigenvalue weighted by molar-refractivity contribution is -0.0763. The minimum absolute atomic E-state index is 0.291. The molecule has 2 fully saturated rings. The molecule has 2 unspecified atom stereocenters. The molecule has 1 saturated carbocycles. The summed E-state index contributed by atoms with van der Waals surface area (Å²) in [6, 6.07) is 0. The van der Waals surface area contributed by atoms with Crippen LogP contribution in [0.15, 0.2) is 0 Å². The van der Waals surface area contributed by atoms with Crippen LogP contribution in [0, 0.1) is 5.41 Å². The highest BCUT2D eigenvalue weighted by Gasteiger charge is 2.43. The van der Waals surface area contributed by atoms with Crippen LogP contribution in [0.5, 0.6) is 0 Å². The molecule has 1 aliphatic carbocycles. The Bertz CT molecular complexity index is 279. The molecular weight excluding hydrogens is 312 g/mol. The van der Waals surface area contributed by atoms with Crippen LogP contribution in [0.2, 0.25) is 0 Å². The van der Waals surface area contributed by atoms with Gasteiger partial charge in [-0.1, -0.05) is 61.9 Å². The zero-order chi connectivity index (χ0) is 14.5. The first-order valence-corrected chi connectivity index (χ1v) is 10.0. The average molecular weight is 345 g/mol. The van der Waals surface area contributed by atoms with Crippen molar-refractivity contribution in [1.82, 2.24) is 0 Å². The van der Waals surface area contributed by atoms with E-state index in [0.29, 0.717) is 17.1 Å². The van der Waals surface area contributed by atoms with Crippen LogP contribution in [-0.4, -0.2) is 17.0 Å². The van der Waals surface area contributed by atoms with Gasteiger partial charge in [-0.3, -0.25) is 0 Å². The molecule has 2 rings (SSSR count). The van der Waals surface area contributed by atoms with Crippen molar-refractivity contribution in [3.63, 3.8) is 0 Å². The molecule has 2 heteroatoms. The first kappa shape index (κ1) is 16.8. The van der Waals surface area contributed by atoms with E-state index in [-0.39, 0.29) is 0 Å². The number of rotatable bonds is 7. The molecule has 1 aliphatic heterocycles. The van der Waals surface area contributed by atoms with Crippen molar-refractivity contribution in [2.24, 2.45) is 5.41 Å². The highest BCUT2D eigenvalue weighted by Crippen LogP contribution is 2.46. The van der Waals surface area contributed by atoms with E-state index in [1.807, 2.05) is 0 Å². The first-order valence-electron chi connectivity index (χ1n) is 8.91. The molecule has 1 heterocycles. The summed E-state index contributed by atoms with van der Waals surface area (Å²) in [5, 5.41) is 1.14. The first-order chi connectivity index (χ1) is 9.67. The lowest BCUT2D eigenvalue weighted by Gasteiger charge is -2.37. The Morgan fingerprint density at radius 3 is 2.50 bits per heavy atom. The molecule has 1 spiro atoms. The van der Waals surface area contributed by atoms with Crippen LogP contribution in [0.3, 0.4) is 0 Å². The van der Waals surface area contributed by atoms with Gasteiger partial charge in [-0.25, -0.2) is 0 Å². The van der Waals surface area contributed by atoms with E-state index >= 15 is 0 Å². The summed E-state index contributed by atoms with van der Waals surface area (Å²) in [7, 11) is 0. The summed E-state index contributed by atoms with van der Waals surface area (Å²) in [6.07, 6.45) is 16.6. The predicted octanol–water partition coefficient (Wildman–Crippen LogP) is 6.24. The molecule has 0 aromatic heterocycles. The van der Waals surface area contributed by atoms with Gasteiger partial charge in [0.2, 0.25) is 0 Å². The summed E-state index contributed by atoms with van der Waals surface area (Å²) < 4.78 is 6.61. The summed E-state index contributed by atoms with van der Waals surface area (Å²) in [4.78, 5) is 0. The van der Waals surface area contributed by atoms with Gasteiger partial charge in [-0.05, 0) is 50.4 Å². The molecule has 0 aromatic rings. The van der Waals surface area contributed by atoms with Crippen LogP contribution in [-0.2, 0) is 4.74 Å². The number of halogens is 1. The van der Waals surface area contributed by atoms with Gasteiger partial charge in [0.25, 0.3) is 0 Å². The SMILES string of the molecule is CCCCC(CC)(CBr)CC1CCC2(CCCCC2)O1. The largest absolute Gasteiger partial charge is 0.372 e. The molecule has 2 aliphatic rings. The van der Waals surface area contributed by atoms with E-state index in [1.54, 1.807) is 0 Å². The fraction of sp³-hybridized carbons (Fsp3) is 1.00. The lowest BCUT2D eigenvalue weighted by Crippen LogP contribution is -2.34. The Morgan fingerprint density at radius 2 is 1.90 bits per heavy atom. The minimum atomic E-state index is 0.291. The number of hydrogen-bond acceptors (Lipinski definition) is 1. The van der Waals surface area contributed by atoms with Crippen LogP contribution < -0.4 is 0 Å². The molecule has 0 bridgehead atoms. The second-order valence-corrected chi connectivity index (χ2v) is 7.88. The summed E-state index contributed by atoms with van der Waals surface area (Å²) >= 11 is 3.80. The van der Waals surface area contributed by atoms with Crippen molar-refractivity contribution in [3.8, 4) is 0 Å². The Labute approximate surface area is 134 Å². The second kappa shape index (κ2) is 7.63. The standard InChI is InChI=1S/C18H33BrO/c1-3-5-10-17(4-2,15-19)14-16-9-13-18(20-16)11-7-6-8-12-18/h16H,3-15H2,1-2H3. The molecule has 0 aromatic carbocycles.